The Hall–Kier alpha value is -1.62. The van der Waals surface area contributed by atoms with E-state index in [4.69, 9.17) is 0 Å². The lowest BCUT2D eigenvalue weighted by Gasteiger charge is -2.27. The van der Waals surface area contributed by atoms with Crippen LogP contribution in [-0.2, 0) is 0 Å². The van der Waals surface area contributed by atoms with E-state index in [0.29, 0.717) is 12.2 Å². The first-order valence-corrected chi connectivity index (χ1v) is 6.24. The summed E-state index contributed by atoms with van der Waals surface area (Å²) in [5.41, 5.74) is 0.616. The van der Waals surface area contributed by atoms with Crippen molar-refractivity contribution in [3.05, 3.63) is 30.1 Å². The Labute approximate surface area is 106 Å². The number of amides is 2. The molecule has 0 aromatic heterocycles. The minimum atomic E-state index is -0.305. The van der Waals surface area contributed by atoms with Gasteiger partial charge in [-0.15, -0.1) is 0 Å². The van der Waals surface area contributed by atoms with Crippen LogP contribution in [0.5, 0.6) is 0 Å². The van der Waals surface area contributed by atoms with Crippen molar-refractivity contribution >= 4 is 11.7 Å². The summed E-state index contributed by atoms with van der Waals surface area (Å²) in [4.78, 5) is 13.9. The number of nitrogens with zero attached hydrogens (tertiary/aromatic N) is 1. The number of hydrogen-bond acceptors (Lipinski definition) is 2. The minimum absolute atomic E-state index is 0.127. The van der Waals surface area contributed by atoms with Crippen LogP contribution in [0.4, 0.5) is 14.9 Å². The van der Waals surface area contributed by atoms with E-state index in [2.05, 4.69) is 10.6 Å². The van der Waals surface area contributed by atoms with Gasteiger partial charge in [-0.2, -0.15) is 0 Å². The molecule has 5 heteroatoms. The van der Waals surface area contributed by atoms with Crippen LogP contribution in [0.3, 0.4) is 0 Å². The summed E-state index contributed by atoms with van der Waals surface area (Å²) in [5, 5.41) is 6.03. The van der Waals surface area contributed by atoms with Gasteiger partial charge in [-0.3, -0.25) is 0 Å². The topological polar surface area (TPSA) is 44.4 Å². The van der Waals surface area contributed by atoms with Gasteiger partial charge in [0, 0.05) is 24.8 Å². The second-order valence-electron chi connectivity index (χ2n) is 4.37. The Bertz CT molecular complexity index is 401. The molecule has 1 aliphatic rings. The van der Waals surface area contributed by atoms with Gasteiger partial charge in [0.15, 0.2) is 0 Å². The highest BCUT2D eigenvalue weighted by molar-refractivity contribution is 5.89. The van der Waals surface area contributed by atoms with Crippen molar-refractivity contribution in [2.24, 2.45) is 0 Å². The Kier molecular flexibility index (Phi) is 4.15. The molecular formula is C13H18FN3O. The summed E-state index contributed by atoms with van der Waals surface area (Å²) in [7, 11) is 0. The first kappa shape index (κ1) is 12.8. The van der Waals surface area contributed by atoms with Gasteiger partial charge in [0.25, 0.3) is 0 Å². The van der Waals surface area contributed by atoms with E-state index in [9.17, 15) is 9.18 Å². The molecule has 1 aromatic rings. The van der Waals surface area contributed by atoms with E-state index in [-0.39, 0.29) is 17.9 Å². The predicted molar refractivity (Wildman–Crippen MR) is 69.1 cm³/mol. The smallest absolute Gasteiger partial charge is 0.321 e. The van der Waals surface area contributed by atoms with E-state index in [1.807, 2.05) is 11.8 Å². The molecule has 1 saturated heterocycles. The number of nitrogens with one attached hydrogen (secondary N) is 2. The van der Waals surface area contributed by atoms with Gasteiger partial charge in [0.2, 0.25) is 0 Å². The zero-order valence-corrected chi connectivity index (χ0v) is 10.4. The van der Waals surface area contributed by atoms with Crippen LogP contribution in [-0.4, -0.2) is 36.6 Å². The summed E-state index contributed by atoms with van der Waals surface area (Å²) in [5.74, 6) is -0.305. The third-order valence-electron chi connectivity index (χ3n) is 3.17. The maximum absolute atomic E-state index is 12.8. The third kappa shape index (κ3) is 2.98. The lowest BCUT2D eigenvalue weighted by Crippen LogP contribution is -2.43. The lowest BCUT2D eigenvalue weighted by atomic mass is 10.2. The maximum atomic E-state index is 12.8. The van der Waals surface area contributed by atoms with E-state index in [1.165, 1.54) is 12.1 Å². The van der Waals surface area contributed by atoms with Crippen LogP contribution in [0.25, 0.3) is 0 Å². The molecule has 2 amide bonds. The van der Waals surface area contributed by atoms with Crippen LogP contribution < -0.4 is 10.6 Å². The number of carbonyl (C=O) groups is 1. The quantitative estimate of drug-likeness (QED) is 0.863. The second kappa shape index (κ2) is 5.82. The van der Waals surface area contributed by atoms with E-state index < -0.39 is 0 Å². The van der Waals surface area contributed by atoms with Gasteiger partial charge in [-0.1, -0.05) is 0 Å². The Morgan fingerprint density at radius 2 is 2.22 bits per heavy atom. The summed E-state index contributed by atoms with van der Waals surface area (Å²) in [6.45, 7) is 4.41. The van der Waals surface area contributed by atoms with Gasteiger partial charge < -0.3 is 15.5 Å². The summed E-state index contributed by atoms with van der Waals surface area (Å²) < 4.78 is 12.8. The van der Waals surface area contributed by atoms with Gasteiger partial charge >= 0.3 is 6.03 Å². The highest BCUT2D eigenvalue weighted by Gasteiger charge is 2.25. The van der Waals surface area contributed by atoms with Gasteiger partial charge in [-0.05, 0) is 44.2 Å². The first-order chi connectivity index (χ1) is 8.70. The van der Waals surface area contributed by atoms with Crippen LogP contribution in [0.1, 0.15) is 13.3 Å². The van der Waals surface area contributed by atoms with Crippen molar-refractivity contribution in [3.8, 4) is 0 Å². The second-order valence-corrected chi connectivity index (χ2v) is 4.37. The molecule has 98 valence electrons. The molecule has 1 aliphatic heterocycles. The number of halogens is 1. The molecule has 0 aliphatic carbocycles. The first-order valence-electron chi connectivity index (χ1n) is 6.24. The summed E-state index contributed by atoms with van der Waals surface area (Å²) in [6, 6.07) is 5.92. The van der Waals surface area contributed by atoms with Crippen LogP contribution in [0.15, 0.2) is 24.3 Å². The molecule has 0 saturated carbocycles. The summed E-state index contributed by atoms with van der Waals surface area (Å²) in [6.07, 6.45) is 0.977. The minimum Gasteiger partial charge on any atom is -0.321 e. The van der Waals surface area contributed by atoms with Crippen LogP contribution in [0.2, 0.25) is 0 Å². The number of anilines is 1. The van der Waals surface area contributed by atoms with Crippen molar-refractivity contribution < 1.29 is 9.18 Å². The maximum Gasteiger partial charge on any atom is 0.322 e. The molecule has 2 N–H and O–H groups in total. The molecule has 1 unspecified atom stereocenters. The monoisotopic (exact) mass is 251 g/mol. The predicted octanol–water partition coefficient (Wildman–Crippen LogP) is 2.04. The molecule has 0 radical (unpaired) electrons. The Morgan fingerprint density at radius 1 is 1.50 bits per heavy atom. The zero-order chi connectivity index (χ0) is 13.0. The molecule has 1 fully saturated rings. The van der Waals surface area contributed by atoms with Crippen LogP contribution >= 0.6 is 0 Å². The number of benzene rings is 1. The molecule has 0 spiro atoms. The number of urea groups is 1. The number of hydrogen-bond donors (Lipinski definition) is 2. The van der Waals surface area contributed by atoms with Gasteiger partial charge in [0.05, 0.1) is 0 Å². The number of rotatable bonds is 3. The SMILES string of the molecule is CCN(C(=O)Nc1ccc(F)cc1)C1CCNC1. The lowest BCUT2D eigenvalue weighted by molar-refractivity contribution is 0.196. The fourth-order valence-electron chi connectivity index (χ4n) is 2.20. The molecule has 1 aromatic carbocycles. The fraction of sp³-hybridized carbons (Fsp3) is 0.462. The normalized spacial score (nSPS) is 18.7. The number of likely N-dealkylation sites (N-methyl/N-ethyl adjacent to an activating group) is 1. The standard InChI is InChI=1S/C13H18FN3O/c1-2-17(12-7-8-15-9-12)13(18)16-11-5-3-10(14)4-6-11/h3-6,12,15H,2,7-9H2,1H3,(H,16,18). The fourth-order valence-corrected chi connectivity index (χ4v) is 2.20. The highest BCUT2D eigenvalue weighted by Crippen LogP contribution is 2.13. The van der Waals surface area contributed by atoms with E-state index >= 15 is 0 Å². The zero-order valence-electron chi connectivity index (χ0n) is 10.4. The van der Waals surface area contributed by atoms with Crippen molar-refractivity contribution in [3.63, 3.8) is 0 Å². The Balaban J connectivity index is 1.98. The van der Waals surface area contributed by atoms with E-state index in [0.717, 1.165) is 19.5 Å². The molecule has 0 bridgehead atoms. The van der Waals surface area contributed by atoms with Crippen molar-refractivity contribution in [2.45, 2.75) is 19.4 Å². The number of carbonyl (C=O) groups excluding carboxylic acids is 1. The molecule has 2 rings (SSSR count). The molecular weight excluding hydrogens is 233 g/mol. The van der Waals surface area contributed by atoms with Crippen LogP contribution in [0, 0.1) is 5.82 Å². The average molecular weight is 251 g/mol. The van der Waals surface area contributed by atoms with Gasteiger partial charge in [0.1, 0.15) is 5.82 Å². The largest absolute Gasteiger partial charge is 0.322 e. The average Bonchev–Trinajstić information content (AvgIpc) is 2.87. The van der Waals surface area contributed by atoms with E-state index in [1.54, 1.807) is 12.1 Å². The molecule has 1 heterocycles. The third-order valence-corrected chi connectivity index (χ3v) is 3.17. The van der Waals surface area contributed by atoms with Gasteiger partial charge in [-0.25, -0.2) is 9.18 Å². The molecule has 4 nitrogen and oxygen atoms in total. The van der Waals surface area contributed by atoms with Crippen molar-refractivity contribution in [1.29, 1.82) is 0 Å². The van der Waals surface area contributed by atoms with Crippen molar-refractivity contribution in [1.82, 2.24) is 10.2 Å². The van der Waals surface area contributed by atoms with Crippen molar-refractivity contribution in [2.75, 3.05) is 25.0 Å². The summed E-state index contributed by atoms with van der Waals surface area (Å²) >= 11 is 0. The Morgan fingerprint density at radius 3 is 2.78 bits per heavy atom. The highest BCUT2D eigenvalue weighted by atomic mass is 19.1. The molecule has 18 heavy (non-hydrogen) atoms. The molecule has 1 atom stereocenters.